The van der Waals surface area contributed by atoms with Crippen molar-refractivity contribution >= 4 is 24.2 Å². The normalized spacial score (nSPS) is 10.6. The van der Waals surface area contributed by atoms with E-state index in [9.17, 15) is 9.59 Å². The molecule has 0 aromatic heterocycles. The van der Waals surface area contributed by atoms with Gasteiger partial charge in [0.05, 0.1) is 5.41 Å². The fourth-order valence-corrected chi connectivity index (χ4v) is 2.30. The molecule has 0 saturated carbocycles. The van der Waals surface area contributed by atoms with Crippen LogP contribution < -0.4 is 16.4 Å². The number of carbonyl (C=O) groups is 2. The topological polar surface area (TPSA) is 84.2 Å². The first-order valence-corrected chi connectivity index (χ1v) is 7.82. The molecule has 0 aliphatic carbocycles. The van der Waals surface area contributed by atoms with Crippen molar-refractivity contribution in [2.45, 2.75) is 33.6 Å². The smallest absolute Gasteiger partial charge is 0.251 e. The van der Waals surface area contributed by atoms with Crippen LogP contribution in [0.3, 0.4) is 0 Å². The van der Waals surface area contributed by atoms with Crippen molar-refractivity contribution in [3.63, 3.8) is 0 Å². The molecule has 0 bridgehead atoms. The number of hydrogen-bond donors (Lipinski definition) is 3. The van der Waals surface area contributed by atoms with Crippen molar-refractivity contribution in [3.8, 4) is 0 Å². The molecule has 0 radical (unpaired) electrons. The number of rotatable bonds is 8. The maximum absolute atomic E-state index is 12.2. The molecule has 4 N–H and O–H groups in total. The van der Waals surface area contributed by atoms with Crippen LogP contribution in [0.5, 0.6) is 0 Å². The second-order valence-corrected chi connectivity index (χ2v) is 5.57. The molecular formula is C17H28ClN3O2. The highest BCUT2D eigenvalue weighted by atomic mass is 35.5. The Balaban J connectivity index is 0.00000484. The van der Waals surface area contributed by atoms with Crippen LogP contribution in [-0.4, -0.2) is 31.4 Å². The number of carbonyl (C=O) groups excluding carboxylic acids is 2. The minimum absolute atomic E-state index is 0. The number of aryl methyl sites for hydroxylation is 1. The lowest BCUT2D eigenvalue weighted by Crippen LogP contribution is -2.47. The van der Waals surface area contributed by atoms with E-state index < -0.39 is 5.41 Å². The summed E-state index contributed by atoms with van der Waals surface area (Å²) in [4.78, 5) is 24.1. The van der Waals surface area contributed by atoms with Crippen LogP contribution in [0.2, 0.25) is 0 Å². The average molecular weight is 342 g/mol. The third kappa shape index (κ3) is 5.84. The van der Waals surface area contributed by atoms with Gasteiger partial charge in [-0.15, -0.1) is 12.4 Å². The van der Waals surface area contributed by atoms with E-state index in [-0.39, 0.29) is 24.2 Å². The molecule has 0 unspecified atom stereocenters. The molecule has 0 aliphatic heterocycles. The van der Waals surface area contributed by atoms with Crippen molar-refractivity contribution in [2.75, 3.05) is 19.6 Å². The lowest BCUT2D eigenvalue weighted by molar-refractivity contribution is -0.130. The standard InChI is InChI=1S/C17H27N3O2.ClH/c1-4-17(5-2,12-18)16(22)20-11-10-19-15(21)14-8-6-13(3)7-9-14;/h6-9H,4-5,10-12,18H2,1-3H3,(H,19,21)(H,20,22);1H. The molecule has 130 valence electrons. The fraction of sp³-hybridized carbons (Fsp3) is 0.529. The Morgan fingerprint density at radius 2 is 1.57 bits per heavy atom. The molecule has 0 fully saturated rings. The molecule has 1 aromatic rings. The average Bonchev–Trinajstić information content (AvgIpc) is 2.54. The Kier molecular flexibility index (Phi) is 9.53. The van der Waals surface area contributed by atoms with Crippen molar-refractivity contribution < 1.29 is 9.59 Å². The number of nitrogens with two attached hydrogens (primary N) is 1. The van der Waals surface area contributed by atoms with Gasteiger partial charge in [-0.1, -0.05) is 31.5 Å². The molecule has 1 rings (SSSR count). The van der Waals surface area contributed by atoms with E-state index in [4.69, 9.17) is 5.73 Å². The van der Waals surface area contributed by atoms with Crippen LogP contribution in [0.1, 0.15) is 42.6 Å². The molecule has 0 spiro atoms. The summed E-state index contributed by atoms with van der Waals surface area (Å²) in [5, 5.41) is 5.65. The van der Waals surface area contributed by atoms with Gasteiger partial charge in [-0.2, -0.15) is 0 Å². The second kappa shape index (κ2) is 10.2. The van der Waals surface area contributed by atoms with Gasteiger partial charge in [0, 0.05) is 25.2 Å². The highest BCUT2D eigenvalue weighted by Gasteiger charge is 2.32. The predicted octanol–water partition coefficient (Wildman–Crippen LogP) is 2.03. The van der Waals surface area contributed by atoms with Crippen LogP contribution in [-0.2, 0) is 4.79 Å². The summed E-state index contributed by atoms with van der Waals surface area (Å²) in [6.07, 6.45) is 1.42. The van der Waals surface area contributed by atoms with Crippen LogP contribution >= 0.6 is 12.4 Å². The fourth-order valence-electron chi connectivity index (χ4n) is 2.30. The summed E-state index contributed by atoms with van der Waals surface area (Å²) < 4.78 is 0. The molecule has 0 atom stereocenters. The first-order valence-electron chi connectivity index (χ1n) is 7.82. The van der Waals surface area contributed by atoms with E-state index in [1.165, 1.54) is 0 Å². The van der Waals surface area contributed by atoms with Gasteiger partial charge in [0.15, 0.2) is 0 Å². The van der Waals surface area contributed by atoms with Crippen LogP contribution in [0.25, 0.3) is 0 Å². The number of hydrogen-bond acceptors (Lipinski definition) is 3. The number of benzene rings is 1. The largest absolute Gasteiger partial charge is 0.354 e. The van der Waals surface area contributed by atoms with Crippen molar-refractivity contribution in [1.29, 1.82) is 0 Å². The quantitative estimate of drug-likeness (QED) is 0.632. The Morgan fingerprint density at radius 3 is 2.04 bits per heavy atom. The summed E-state index contributed by atoms with van der Waals surface area (Å²) in [6.45, 7) is 7.04. The summed E-state index contributed by atoms with van der Waals surface area (Å²) in [6, 6.07) is 7.37. The van der Waals surface area contributed by atoms with Gasteiger partial charge in [-0.05, 0) is 31.9 Å². The summed E-state index contributed by atoms with van der Waals surface area (Å²) in [5.74, 6) is -0.171. The minimum Gasteiger partial charge on any atom is -0.354 e. The second-order valence-electron chi connectivity index (χ2n) is 5.57. The molecular weight excluding hydrogens is 314 g/mol. The molecule has 5 nitrogen and oxygen atoms in total. The van der Waals surface area contributed by atoms with E-state index in [2.05, 4.69) is 10.6 Å². The Labute approximate surface area is 144 Å². The zero-order valence-electron chi connectivity index (χ0n) is 14.1. The SMILES string of the molecule is CCC(CC)(CN)C(=O)NCCNC(=O)c1ccc(C)cc1.Cl. The molecule has 0 aliphatic rings. The van der Waals surface area contributed by atoms with E-state index in [1.54, 1.807) is 12.1 Å². The van der Waals surface area contributed by atoms with Gasteiger partial charge in [-0.3, -0.25) is 9.59 Å². The Bertz CT molecular complexity index is 491. The van der Waals surface area contributed by atoms with Crippen molar-refractivity contribution in [1.82, 2.24) is 10.6 Å². The Morgan fingerprint density at radius 1 is 1.04 bits per heavy atom. The molecule has 0 saturated heterocycles. The highest BCUT2D eigenvalue weighted by Crippen LogP contribution is 2.24. The summed E-state index contributed by atoms with van der Waals surface area (Å²) in [5.41, 5.74) is 6.97. The maximum atomic E-state index is 12.2. The van der Waals surface area contributed by atoms with Gasteiger partial charge in [-0.25, -0.2) is 0 Å². The van der Waals surface area contributed by atoms with Crippen LogP contribution in [0.4, 0.5) is 0 Å². The monoisotopic (exact) mass is 341 g/mol. The van der Waals surface area contributed by atoms with Gasteiger partial charge >= 0.3 is 0 Å². The first kappa shape index (κ1) is 21.4. The predicted molar refractivity (Wildman–Crippen MR) is 95.8 cm³/mol. The van der Waals surface area contributed by atoms with Crippen molar-refractivity contribution in [2.24, 2.45) is 11.1 Å². The highest BCUT2D eigenvalue weighted by molar-refractivity contribution is 5.94. The minimum atomic E-state index is -0.499. The number of halogens is 1. The van der Waals surface area contributed by atoms with Crippen molar-refractivity contribution in [3.05, 3.63) is 35.4 Å². The summed E-state index contributed by atoms with van der Waals surface area (Å²) >= 11 is 0. The summed E-state index contributed by atoms with van der Waals surface area (Å²) in [7, 11) is 0. The lowest BCUT2D eigenvalue weighted by Gasteiger charge is -2.28. The number of nitrogens with one attached hydrogen (secondary N) is 2. The molecule has 2 amide bonds. The van der Waals surface area contributed by atoms with E-state index in [0.29, 0.717) is 38.0 Å². The number of amides is 2. The zero-order valence-corrected chi connectivity index (χ0v) is 15.0. The van der Waals surface area contributed by atoms with E-state index in [0.717, 1.165) is 5.56 Å². The first-order chi connectivity index (χ1) is 10.5. The maximum Gasteiger partial charge on any atom is 0.251 e. The lowest BCUT2D eigenvalue weighted by atomic mass is 9.81. The van der Waals surface area contributed by atoms with E-state index in [1.807, 2.05) is 32.9 Å². The molecule has 6 heteroatoms. The van der Waals surface area contributed by atoms with Gasteiger partial charge < -0.3 is 16.4 Å². The third-order valence-electron chi connectivity index (χ3n) is 4.24. The van der Waals surface area contributed by atoms with Crippen LogP contribution in [0, 0.1) is 12.3 Å². The van der Waals surface area contributed by atoms with Crippen LogP contribution in [0.15, 0.2) is 24.3 Å². The van der Waals surface area contributed by atoms with Gasteiger partial charge in [0.1, 0.15) is 0 Å². The van der Waals surface area contributed by atoms with E-state index >= 15 is 0 Å². The zero-order chi connectivity index (χ0) is 16.6. The van der Waals surface area contributed by atoms with Gasteiger partial charge in [0.2, 0.25) is 5.91 Å². The molecule has 23 heavy (non-hydrogen) atoms. The Hall–Kier alpha value is -1.59. The van der Waals surface area contributed by atoms with Gasteiger partial charge in [0.25, 0.3) is 5.91 Å². The third-order valence-corrected chi connectivity index (χ3v) is 4.24. The molecule has 0 heterocycles. The molecule has 1 aromatic carbocycles.